The van der Waals surface area contributed by atoms with E-state index in [2.05, 4.69) is 33.9 Å². The summed E-state index contributed by atoms with van der Waals surface area (Å²) >= 11 is 3.53. The molecule has 3 rings (SSSR count). The van der Waals surface area contributed by atoms with E-state index < -0.39 is 4.92 Å². The van der Waals surface area contributed by atoms with Gasteiger partial charge in [-0.2, -0.15) is 0 Å². The monoisotopic (exact) mass is 438 g/mol. The van der Waals surface area contributed by atoms with Gasteiger partial charge in [0, 0.05) is 18.3 Å². The third-order valence-electron chi connectivity index (χ3n) is 4.20. The Morgan fingerprint density at radius 3 is 2.46 bits per heavy atom. The Bertz CT molecular complexity index is 1030. The maximum absolute atomic E-state index is 10.7. The zero-order valence-corrected chi connectivity index (χ0v) is 17.1. The van der Waals surface area contributed by atoms with Gasteiger partial charge in [-0.1, -0.05) is 17.7 Å². The molecule has 0 aliphatic rings. The van der Waals surface area contributed by atoms with Gasteiger partial charge in [-0.05, 0) is 82.9 Å². The number of aryl methyl sites for hydroxylation is 2. The van der Waals surface area contributed by atoms with Crippen molar-refractivity contribution in [3.8, 4) is 5.75 Å². The third-order valence-corrected chi connectivity index (χ3v) is 4.82. The fourth-order valence-electron chi connectivity index (χ4n) is 2.68. The molecule has 3 aromatic rings. The van der Waals surface area contributed by atoms with Crippen molar-refractivity contribution < 1.29 is 9.66 Å². The van der Waals surface area contributed by atoms with Crippen molar-refractivity contribution >= 4 is 33.5 Å². The number of aliphatic imine (C=N–C) groups is 1. The largest absolute Gasteiger partial charge is 0.488 e. The first-order chi connectivity index (χ1) is 13.4. The van der Waals surface area contributed by atoms with E-state index in [0.717, 1.165) is 26.9 Å². The van der Waals surface area contributed by atoms with Crippen molar-refractivity contribution in [1.82, 2.24) is 0 Å². The Morgan fingerprint density at radius 1 is 1.07 bits per heavy atom. The average molecular weight is 439 g/mol. The van der Waals surface area contributed by atoms with Crippen molar-refractivity contribution in [1.29, 1.82) is 0 Å². The van der Waals surface area contributed by atoms with Crippen molar-refractivity contribution in [3.63, 3.8) is 0 Å². The van der Waals surface area contributed by atoms with E-state index in [1.807, 2.05) is 43.5 Å². The number of nitro groups is 1. The quantitative estimate of drug-likeness (QED) is 0.257. The summed E-state index contributed by atoms with van der Waals surface area (Å²) in [6.07, 6.45) is 1.82. The molecule has 142 valence electrons. The van der Waals surface area contributed by atoms with Crippen LogP contribution >= 0.6 is 15.9 Å². The highest BCUT2D eigenvalue weighted by atomic mass is 79.9. The van der Waals surface area contributed by atoms with Gasteiger partial charge in [0.15, 0.2) is 0 Å². The smallest absolute Gasteiger partial charge is 0.269 e. The van der Waals surface area contributed by atoms with Crippen LogP contribution in [-0.4, -0.2) is 11.1 Å². The molecule has 0 saturated carbocycles. The number of rotatable bonds is 6. The summed E-state index contributed by atoms with van der Waals surface area (Å²) < 4.78 is 6.63. The van der Waals surface area contributed by atoms with Crippen LogP contribution in [0.4, 0.5) is 11.4 Å². The number of benzene rings is 3. The first-order valence-corrected chi connectivity index (χ1v) is 9.49. The molecule has 0 amide bonds. The molecular weight excluding hydrogens is 420 g/mol. The van der Waals surface area contributed by atoms with E-state index in [1.165, 1.54) is 17.7 Å². The summed E-state index contributed by atoms with van der Waals surface area (Å²) in [6, 6.07) is 18.2. The highest BCUT2D eigenvalue weighted by Gasteiger charge is 2.06. The molecule has 6 heteroatoms. The van der Waals surface area contributed by atoms with Gasteiger partial charge in [0.25, 0.3) is 5.69 Å². The summed E-state index contributed by atoms with van der Waals surface area (Å²) in [5.74, 6) is 0.696. The second kappa shape index (κ2) is 8.80. The normalized spacial score (nSPS) is 11.0. The second-order valence-corrected chi connectivity index (χ2v) is 7.30. The summed E-state index contributed by atoms with van der Waals surface area (Å²) in [5.41, 5.74) is 5.18. The minimum absolute atomic E-state index is 0.0670. The van der Waals surface area contributed by atoms with Crippen LogP contribution in [0.5, 0.6) is 5.75 Å². The number of ether oxygens (including phenoxy) is 1. The summed E-state index contributed by atoms with van der Waals surface area (Å²) in [6.45, 7) is 4.43. The van der Waals surface area contributed by atoms with Crippen LogP contribution in [0.3, 0.4) is 0 Å². The predicted octanol–water partition coefficient (Wildman–Crippen LogP) is 6.30. The van der Waals surface area contributed by atoms with Gasteiger partial charge in [-0.25, -0.2) is 0 Å². The SMILES string of the molecule is Cc1ccc(N=Cc2ccc(OCc3ccc([N+](=O)[O-])cc3)c(Br)c2)c(C)c1. The number of nitro benzene ring substituents is 1. The van der Waals surface area contributed by atoms with Crippen molar-refractivity contribution in [3.05, 3.63) is 97.5 Å². The third kappa shape index (κ3) is 5.04. The molecule has 3 aromatic carbocycles. The summed E-state index contributed by atoms with van der Waals surface area (Å²) in [4.78, 5) is 14.8. The van der Waals surface area contributed by atoms with E-state index >= 15 is 0 Å². The van der Waals surface area contributed by atoms with Gasteiger partial charge in [-0.15, -0.1) is 0 Å². The molecule has 0 spiro atoms. The van der Waals surface area contributed by atoms with Crippen LogP contribution in [0.15, 0.2) is 70.1 Å². The minimum Gasteiger partial charge on any atom is -0.488 e. The van der Waals surface area contributed by atoms with Crippen LogP contribution in [0, 0.1) is 24.0 Å². The van der Waals surface area contributed by atoms with E-state index in [1.54, 1.807) is 12.1 Å². The fourth-order valence-corrected chi connectivity index (χ4v) is 3.19. The Balaban J connectivity index is 1.66. The van der Waals surface area contributed by atoms with E-state index in [4.69, 9.17) is 4.74 Å². The molecule has 0 N–H and O–H groups in total. The standard InChI is InChI=1S/C22H19BrN2O3/c1-15-3-9-21(16(2)11-15)24-13-18-6-10-22(20(23)12-18)28-14-17-4-7-19(8-5-17)25(26)27/h3-13H,14H2,1-2H3. The zero-order valence-electron chi connectivity index (χ0n) is 15.6. The summed E-state index contributed by atoms with van der Waals surface area (Å²) in [5, 5.41) is 10.7. The maximum Gasteiger partial charge on any atom is 0.269 e. The molecule has 0 radical (unpaired) electrons. The first-order valence-electron chi connectivity index (χ1n) is 8.69. The molecule has 0 bridgehead atoms. The number of halogens is 1. The van der Waals surface area contributed by atoms with Crippen molar-refractivity contribution in [2.75, 3.05) is 0 Å². The minimum atomic E-state index is -0.417. The Labute approximate surface area is 172 Å². The predicted molar refractivity (Wildman–Crippen MR) is 115 cm³/mol. The summed E-state index contributed by atoms with van der Waals surface area (Å²) in [7, 11) is 0. The van der Waals surface area contributed by atoms with Gasteiger partial charge in [-0.3, -0.25) is 15.1 Å². The molecule has 0 aliphatic carbocycles. The van der Waals surface area contributed by atoms with Crippen LogP contribution in [0.25, 0.3) is 0 Å². The zero-order chi connectivity index (χ0) is 20.1. The van der Waals surface area contributed by atoms with Crippen molar-refractivity contribution in [2.24, 2.45) is 4.99 Å². The number of hydrogen-bond acceptors (Lipinski definition) is 4. The van der Waals surface area contributed by atoms with E-state index in [-0.39, 0.29) is 5.69 Å². The fraction of sp³-hybridized carbons (Fsp3) is 0.136. The van der Waals surface area contributed by atoms with E-state index in [9.17, 15) is 10.1 Å². The molecule has 0 heterocycles. The lowest BCUT2D eigenvalue weighted by Gasteiger charge is -2.09. The number of non-ortho nitro benzene ring substituents is 1. The highest BCUT2D eigenvalue weighted by molar-refractivity contribution is 9.10. The highest BCUT2D eigenvalue weighted by Crippen LogP contribution is 2.27. The molecule has 0 saturated heterocycles. The molecule has 0 atom stereocenters. The van der Waals surface area contributed by atoms with E-state index in [0.29, 0.717) is 12.4 Å². The Morgan fingerprint density at radius 2 is 1.82 bits per heavy atom. The molecule has 28 heavy (non-hydrogen) atoms. The lowest BCUT2D eigenvalue weighted by Crippen LogP contribution is -1.97. The molecule has 0 aliphatic heterocycles. The number of nitrogens with zero attached hydrogens (tertiary/aromatic N) is 2. The first kappa shape index (κ1) is 19.8. The molecule has 5 nitrogen and oxygen atoms in total. The Hall–Kier alpha value is -2.99. The second-order valence-electron chi connectivity index (χ2n) is 6.45. The molecular formula is C22H19BrN2O3. The van der Waals surface area contributed by atoms with Gasteiger partial charge in [0.1, 0.15) is 12.4 Å². The Kier molecular flexibility index (Phi) is 6.21. The van der Waals surface area contributed by atoms with Gasteiger partial charge >= 0.3 is 0 Å². The average Bonchev–Trinajstić information content (AvgIpc) is 2.67. The topological polar surface area (TPSA) is 64.7 Å². The van der Waals surface area contributed by atoms with Crippen molar-refractivity contribution in [2.45, 2.75) is 20.5 Å². The molecule has 0 aromatic heterocycles. The van der Waals surface area contributed by atoms with Crippen LogP contribution in [0.1, 0.15) is 22.3 Å². The maximum atomic E-state index is 10.7. The van der Waals surface area contributed by atoms with Gasteiger partial charge < -0.3 is 4.74 Å². The van der Waals surface area contributed by atoms with Crippen LogP contribution in [0.2, 0.25) is 0 Å². The van der Waals surface area contributed by atoms with Crippen LogP contribution in [-0.2, 0) is 6.61 Å². The lowest BCUT2D eigenvalue weighted by atomic mass is 10.1. The molecule has 0 unspecified atom stereocenters. The lowest BCUT2D eigenvalue weighted by molar-refractivity contribution is -0.384. The van der Waals surface area contributed by atoms with Crippen LogP contribution < -0.4 is 4.74 Å². The van der Waals surface area contributed by atoms with Gasteiger partial charge in [0.2, 0.25) is 0 Å². The van der Waals surface area contributed by atoms with Gasteiger partial charge in [0.05, 0.1) is 15.1 Å². The molecule has 0 fully saturated rings. The number of hydrogen-bond donors (Lipinski definition) is 0.